The Kier molecular flexibility index (Phi) is 6.03. The fourth-order valence-corrected chi connectivity index (χ4v) is 3.45. The van der Waals surface area contributed by atoms with Crippen LogP contribution in [-0.4, -0.2) is 21.4 Å². The van der Waals surface area contributed by atoms with Crippen molar-refractivity contribution in [3.63, 3.8) is 0 Å². The molecule has 2 aromatic heterocycles. The van der Waals surface area contributed by atoms with Gasteiger partial charge in [-0.3, -0.25) is 4.79 Å². The summed E-state index contributed by atoms with van der Waals surface area (Å²) in [4.78, 5) is 16.6. The molecule has 1 fully saturated rings. The number of hydrogen-bond donors (Lipinski definition) is 0. The SMILES string of the molecule is O=c1cc(-c2ccnc(OCc3ccccc3C(F)(F)F)c2)cnn1C1CCCCO1. The first-order valence-corrected chi connectivity index (χ1v) is 9.86. The van der Waals surface area contributed by atoms with Crippen molar-refractivity contribution in [3.05, 3.63) is 76.3 Å². The van der Waals surface area contributed by atoms with Gasteiger partial charge in [-0.1, -0.05) is 18.2 Å². The van der Waals surface area contributed by atoms with Crippen molar-refractivity contribution in [2.45, 2.75) is 38.3 Å². The standard InChI is InChI=1S/C22H20F3N3O3/c23-22(24,25)18-6-2-1-5-16(18)14-31-19-11-15(8-9-26-19)17-12-20(29)28(27-13-17)21-7-3-4-10-30-21/h1-2,5-6,8-9,11-13,21H,3-4,7,10,14H2. The molecular weight excluding hydrogens is 411 g/mol. The van der Waals surface area contributed by atoms with E-state index in [4.69, 9.17) is 9.47 Å². The molecule has 0 aliphatic carbocycles. The Balaban J connectivity index is 1.52. The van der Waals surface area contributed by atoms with Gasteiger partial charge in [0.2, 0.25) is 5.88 Å². The monoisotopic (exact) mass is 431 g/mol. The van der Waals surface area contributed by atoms with Crippen molar-refractivity contribution >= 4 is 0 Å². The number of pyridine rings is 1. The second kappa shape index (κ2) is 8.89. The zero-order chi connectivity index (χ0) is 21.8. The lowest BCUT2D eigenvalue weighted by Gasteiger charge is -2.23. The van der Waals surface area contributed by atoms with Gasteiger partial charge in [0.1, 0.15) is 6.61 Å². The van der Waals surface area contributed by atoms with Crippen LogP contribution in [0.5, 0.6) is 5.88 Å². The molecule has 3 aromatic rings. The maximum Gasteiger partial charge on any atom is 0.416 e. The van der Waals surface area contributed by atoms with Gasteiger partial charge in [0.15, 0.2) is 6.23 Å². The molecule has 4 rings (SSSR count). The summed E-state index contributed by atoms with van der Waals surface area (Å²) >= 11 is 0. The number of rotatable bonds is 5. The summed E-state index contributed by atoms with van der Waals surface area (Å²) in [5.41, 5.74) is 0.154. The Labute approximate surface area is 176 Å². The molecule has 0 saturated carbocycles. The summed E-state index contributed by atoms with van der Waals surface area (Å²) in [5, 5.41) is 4.23. The van der Waals surface area contributed by atoms with E-state index in [2.05, 4.69) is 10.1 Å². The van der Waals surface area contributed by atoms with Crippen molar-refractivity contribution < 1.29 is 22.6 Å². The Morgan fingerprint density at radius 2 is 1.97 bits per heavy atom. The quantitative estimate of drug-likeness (QED) is 0.591. The molecule has 0 N–H and O–H groups in total. The van der Waals surface area contributed by atoms with Crippen molar-refractivity contribution in [3.8, 4) is 17.0 Å². The minimum absolute atomic E-state index is 0.0129. The molecule has 0 radical (unpaired) electrons. The lowest BCUT2D eigenvalue weighted by Crippen LogP contribution is -2.30. The first kappa shape index (κ1) is 21.0. The molecule has 1 saturated heterocycles. The highest BCUT2D eigenvalue weighted by atomic mass is 19.4. The van der Waals surface area contributed by atoms with Gasteiger partial charge in [0.05, 0.1) is 11.8 Å². The fraction of sp³-hybridized carbons (Fsp3) is 0.318. The Bertz CT molecular complexity index is 1110. The maximum atomic E-state index is 13.1. The first-order chi connectivity index (χ1) is 14.9. The Hall–Kier alpha value is -3.20. The molecule has 0 amide bonds. The van der Waals surface area contributed by atoms with E-state index in [-0.39, 0.29) is 29.8 Å². The molecule has 3 heterocycles. The van der Waals surface area contributed by atoms with Crippen LogP contribution in [0.15, 0.2) is 59.7 Å². The van der Waals surface area contributed by atoms with E-state index in [1.54, 1.807) is 18.3 Å². The van der Waals surface area contributed by atoms with E-state index >= 15 is 0 Å². The van der Waals surface area contributed by atoms with Crippen LogP contribution in [0.1, 0.15) is 36.6 Å². The number of benzene rings is 1. The van der Waals surface area contributed by atoms with Crippen molar-refractivity contribution in [2.75, 3.05) is 6.61 Å². The van der Waals surface area contributed by atoms with Gasteiger partial charge < -0.3 is 9.47 Å². The minimum Gasteiger partial charge on any atom is -0.473 e. The van der Waals surface area contributed by atoms with Crippen LogP contribution >= 0.6 is 0 Å². The fourth-order valence-electron chi connectivity index (χ4n) is 3.45. The van der Waals surface area contributed by atoms with E-state index in [0.29, 0.717) is 17.7 Å². The van der Waals surface area contributed by atoms with Gasteiger partial charge in [0, 0.05) is 36.1 Å². The van der Waals surface area contributed by atoms with Crippen LogP contribution in [0, 0.1) is 0 Å². The summed E-state index contributed by atoms with van der Waals surface area (Å²) in [6.07, 6.45) is 0.874. The lowest BCUT2D eigenvalue weighted by molar-refractivity contribution is -0.138. The normalized spacial score (nSPS) is 16.8. The van der Waals surface area contributed by atoms with E-state index in [9.17, 15) is 18.0 Å². The average Bonchev–Trinajstić information content (AvgIpc) is 2.78. The van der Waals surface area contributed by atoms with E-state index in [1.807, 2.05) is 0 Å². The molecule has 6 nitrogen and oxygen atoms in total. The van der Waals surface area contributed by atoms with E-state index in [0.717, 1.165) is 25.3 Å². The van der Waals surface area contributed by atoms with E-state index < -0.39 is 11.7 Å². The zero-order valence-electron chi connectivity index (χ0n) is 16.5. The first-order valence-electron chi connectivity index (χ1n) is 9.86. The molecule has 31 heavy (non-hydrogen) atoms. The minimum atomic E-state index is -4.47. The predicted molar refractivity (Wildman–Crippen MR) is 106 cm³/mol. The van der Waals surface area contributed by atoms with Crippen molar-refractivity contribution in [2.24, 2.45) is 0 Å². The van der Waals surface area contributed by atoms with Crippen LogP contribution in [0.25, 0.3) is 11.1 Å². The Morgan fingerprint density at radius 3 is 2.71 bits per heavy atom. The number of hydrogen-bond acceptors (Lipinski definition) is 5. The Morgan fingerprint density at radius 1 is 1.13 bits per heavy atom. The molecule has 1 aliphatic heterocycles. The topological polar surface area (TPSA) is 66.2 Å². The number of halogens is 3. The summed E-state index contributed by atoms with van der Waals surface area (Å²) in [7, 11) is 0. The molecule has 1 atom stereocenters. The number of nitrogens with zero attached hydrogens (tertiary/aromatic N) is 3. The molecule has 0 spiro atoms. The van der Waals surface area contributed by atoms with Crippen molar-refractivity contribution in [1.29, 1.82) is 0 Å². The van der Waals surface area contributed by atoms with Gasteiger partial charge in [-0.05, 0) is 37.0 Å². The molecule has 0 bridgehead atoms. The highest BCUT2D eigenvalue weighted by Crippen LogP contribution is 2.32. The average molecular weight is 431 g/mol. The zero-order valence-corrected chi connectivity index (χ0v) is 16.5. The number of ether oxygens (including phenoxy) is 2. The van der Waals surface area contributed by atoms with Gasteiger partial charge in [-0.2, -0.15) is 18.3 Å². The van der Waals surface area contributed by atoms with Gasteiger partial charge in [0.25, 0.3) is 5.56 Å². The van der Waals surface area contributed by atoms with Crippen LogP contribution in [0.2, 0.25) is 0 Å². The number of aromatic nitrogens is 3. The summed E-state index contributed by atoms with van der Waals surface area (Å²) in [6, 6.07) is 9.92. The third-order valence-electron chi connectivity index (χ3n) is 5.02. The molecular formula is C22H20F3N3O3. The third-order valence-corrected chi connectivity index (χ3v) is 5.02. The van der Waals surface area contributed by atoms with Gasteiger partial charge in [-0.25, -0.2) is 9.67 Å². The molecule has 1 aliphatic rings. The van der Waals surface area contributed by atoms with Gasteiger partial charge >= 0.3 is 6.18 Å². The van der Waals surface area contributed by atoms with Crippen LogP contribution < -0.4 is 10.3 Å². The van der Waals surface area contributed by atoms with E-state index in [1.165, 1.54) is 35.1 Å². The second-order valence-corrected chi connectivity index (χ2v) is 7.17. The molecule has 1 aromatic carbocycles. The second-order valence-electron chi connectivity index (χ2n) is 7.17. The van der Waals surface area contributed by atoms with Crippen LogP contribution in [-0.2, 0) is 17.5 Å². The molecule has 1 unspecified atom stereocenters. The third kappa shape index (κ3) is 4.93. The lowest BCUT2D eigenvalue weighted by atomic mass is 10.1. The molecule has 162 valence electrons. The smallest absolute Gasteiger partial charge is 0.416 e. The molecule has 9 heteroatoms. The van der Waals surface area contributed by atoms with Crippen LogP contribution in [0.3, 0.4) is 0 Å². The van der Waals surface area contributed by atoms with Crippen LogP contribution in [0.4, 0.5) is 13.2 Å². The highest BCUT2D eigenvalue weighted by molar-refractivity contribution is 5.62. The van der Waals surface area contributed by atoms with Crippen molar-refractivity contribution in [1.82, 2.24) is 14.8 Å². The summed E-state index contributed by atoms with van der Waals surface area (Å²) in [5.74, 6) is 0.147. The number of alkyl halides is 3. The summed E-state index contributed by atoms with van der Waals surface area (Å²) < 4.78 is 51.9. The summed E-state index contributed by atoms with van der Waals surface area (Å²) in [6.45, 7) is 0.314. The highest BCUT2D eigenvalue weighted by Gasteiger charge is 2.33. The maximum absolute atomic E-state index is 13.1. The van der Waals surface area contributed by atoms with Gasteiger partial charge in [-0.15, -0.1) is 0 Å². The largest absolute Gasteiger partial charge is 0.473 e. The predicted octanol–water partition coefficient (Wildman–Crippen LogP) is 4.60.